The number of primary sulfonamides is 1. The van der Waals surface area contributed by atoms with Crippen LogP contribution in [-0.4, -0.2) is 28.0 Å². The molecule has 3 N–H and O–H groups in total. The largest absolute Gasteiger partial charge is 0.243 e. The number of hydrogen-bond acceptors (Lipinski definition) is 5. The van der Waals surface area contributed by atoms with E-state index in [-0.39, 0.29) is 10.7 Å². The molecule has 0 aromatic rings. The maximum absolute atomic E-state index is 11.6. The van der Waals surface area contributed by atoms with Gasteiger partial charge in [-0.15, -0.1) is 0 Å². The molecular formula is C6H12N2O4S3. The van der Waals surface area contributed by atoms with Crippen LogP contribution in [0.1, 0.15) is 13.3 Å². The summed E-state index contributed by atoms with van der Waals surface area (Å²) in [5.74, 6) is 0. The molecule has 9 heteroatoms. The normalized spacial score (nSPS) is 27.8. The quantitative estimate of drug-likeness (QED) is 0.721. The molecule has 0 saturated carbocycles. The van der Waals surface area contributed by atoms with E-state index in [1.165, 1.54) is 20.0 Å². The summed E-state index contributed by atoms with van der Waals surface area (Å²) < 4.78 is 46.1. The molecule has 0 saturated heterocycles. The van der Waals surface area contributed by atoms with Gasteiger partial charge in [0.2, 0.25) is 20.0 Å². The first kappa shape index (κ1) is 13.0. The van der Waals surface area contributed by atoms with Crippen molar-refractivity contribution in [2.45, 2.75) is 17.4 Å². The summed E-state index contributed by atoms with van der Waals surface area (Å²) >= 11 is 0.749. The molecule has 1 heterocycles. The highest BCUT2D eigenvalue weighted by Crippen LogP contribution is 2.46. The Labute approximate surface area is 93.4 Å². The van der Waals surface area contributed by atoms with Crippen LogP contribution in [0.15, 0.2) is 10.3 Å². The summed E-state index contributed by atoms with van der Waals surface area (Å²) in [4.78, 5) is 0. The molecule has 1 aliphatic rings. The lowest BCUT2D eigenvalue weighted by Gasteiger charge is -2.22. The SMILES string of the molecule is CNS(=O)(=O)C1(C)CC=C(S(N)(=O)=O)S1. The van der Waals surface area contributed by atoms with Crippen molar-refractivity contribution in [2.24, 2.45) is 5.14 Å². The van der Waals surface area contributed by atoms with Crippen molar-refractivity contribution in [3.63, 3.8) is 0 Å². The number of hydrogen-bond donors (Lipinski definition) is 2. The summed E-state index contributed by atoms with van der Waals surface area (Å²) in [6.07, 6.45) is 1.45. The molecule has 0 spiro atoms. The molecule has 1 atom stereocenters. The number of nitrogens with one attached hydrogen (secondary N) is 1. The summed E-state index contributed by atoms with van der Waals surface area (Å²) in [7, 11) is -6.07. The van der Waals surface area contributed by atoms with Crippen LogP contribution < -0.4 is 9.86 Å². The third-order valence-electron chi connectivity index (χ3n) is 2.07. The van der Waals surface area contributed by atoms with E-state index in [4.69, 9.17) is 5.14 Å². The molecular weight excluding hydrogens is 260 g/mol. The third kappa shape index (κ3) is 2.36. The molecule has 1 aliphatic heterocycles. The summed E-state index contributed by atoms with van der Waals surface area (Å²) in [6.45, 7) is 1.46. The van der Waals surface area contributed by atoms with Gasteiger partial charge < -0.3 is 0 Å². The van der Waals surface area contributed by atoms with Crippen LogP contribution in [0.2, 0.25) is 0 Å². The Balaban J connectivity index is 3.03. The van der Waals surface area contributed by atoms with E-state index >= 15 is 0 Å². The highest BCUT2D eigenvalue weighted by Gasteiger charge is 2.44. The molecule has 0 aromatic heterocycles. The molecule has 0 radical (unpaired) electrons. The average Bonchev–Trinajstić information content (AvgIpc) is 2.49. The first-order chi connectivity index (χ1) is 6.62. The standard InChI is InChI=1S/C6H12N2O4S3/c1-6(15(11,12)8-2)4-3-5(13-6)14(7,9)10/h3,8H,4H2,1-2H3,(H2,7,9,10). The summed E-state index contributed by atoms with van der Waals surface area (Å²) in [5, 5.41) is 4.91. The molecule has 1 unspecified atom stereocenters. The van der Waals surface area contributed by atoms with Gasteiger partial charge in [0.25, 0.3) is 0 Å². The maximum atomic E-state index is 11.6. The fourth-order valence-corrected chi connectivity index (χ4v) is 5.06. The molecule has 15 heavy (non-hydrogen) atoms. The molecule has 0 aromatic carbocycles. The van der Waals surface area contributed by atoms with Gasteiger partial charge in [0.05, 0.1) is 0 Å². The fourth-order valence-electron chi connectivity index (χ4n) is 1.12. The maximum Gasteiger partial charge on any atom is 0.243 e. The van der Waals surface area contributed by atoms with E-state index < -0.39 is 24.1 Å². The van der Waals surface area contributed by atoms with E-state index in [1.807, 2.05) is 0 Å². The van der Waals surface area contributed by atoms with Crippen LogP contribution in [0.4, 0.5) is 0 Å². The first-order valence-corrected chi connectivity index (χ1v) is 7.82. The third-order valence-corrected chi connectivity index (χ3v) is 7.46. The zero-order chi connectivity index (χ0) is 11.9. The predicted octanol–water partition coefficient (Wildman–Crippen LogP) is -0.481. The second-order valence-corrected chi connectivity index (χ2v) is 9.12. The van der Waals surface area contributed by atoms with Crippen LogP contribution in [-0.2, 0) is 20.0 Å². The Kier molecular flexibility index (Phi) is 3.23. The van der Waals surface area contributed by atoms with Gasteiger partial charge in [0.1, 0.15) is 8.32 Å². The van der Waals surface area contributed by atoms with Crippen LogP contribution in [0.25, 0.3) is 0 Å². The minimum Gasteiger partial charge on any atom is -0.224 e. The fraction of sp³-hybridized carbons (Fsp3) is 0.667. The Morgan fingerprint density at radius 3 is 2.33 bits per heavy atom. The van der Waals surface area contributed by atoms with Gasteiger partial charge in [-0.05, 0) is 20.4 Å². The van der Waals surface area contributed by atoms with Crippen molar-refractivity contribution >= 4 is 31.8 Å². The lowest BCUT2D eigenvalue weighted by atomic mass is 10.3. The minimum absolute atomic E-state index is 0.0937. The Hall–Kier alpha value is -0.0900. The van der Waals surface area contributed by atoms with Crippen LogP contribution in [0.5, 0.6) is 0 Å². The second kappa shape index (κ2) is 3.74. The topological polar surface area (TPSA) is 106 Å². The number of sulfonamides is 2. The minimum atomic E-state index is -3.81. The molecule has 0 amide bonds. The highest BCUT2D eigenvalue weighted by molar-refractivity contribution is 8.24. The average molecular weight is 272 g/mol. The van der Waals surface area contributed by atoms with E-state index in [0.717, 1.165) is 11.8 Å². The van der Waals surface area contributed by atoms with Crippen molar-refractivity contribution in [3.05, 3.63) is 10.3 Å². The van der Waals surface area contributed by atoms with Gasteiger partial charge in [-0.1, -0.05) is 17.8 Å². The van der Waals surface area contributed by atoms with Gasteiger partial charge in [-0.25, -0.2) is 26.7 Å². The zero-order valence-corrected chi connectivity index (χ0v) is 10.7. The second-order valence-electron chi connectivity index (χ2n) is 3.22. The van der Waals surface area contributed by atoms with E-state index in [1.54, 1.807) is 0 Å². The van der Waals surface area contributed by atoms with Crippen molar-refractivity contribution in [3.8, 4) is 0 Å². The number of thioether (sulfide) groups is 1. The molecule has 0 bridgehead atoms. The molecule has 0 aliphatic carbocycles. The number of nitrogens with two attached hydrogens (primary N) is 1. The molecule has 1 rings (SSSR count). The van der Waals surface area contributed by atoms with Gasteiger partial charge >= 0.3 is 0 Å². The Morgan fingerprint density at radius 2 is 2.00 bits per heavy atom. The van der Waals surface area contributed by atoms with Crippen LogP contribution in [0.3, 0.4) is 0 Å². The van der Waals surface area contributed by atoms with Gasteiger partial charge in [0, 0.05) is 0 Å². The van der Waals surface area contributed by atoms with Crippen molar-refractivity contribution in [1.29, 1.82) is 0 Å². The van der Waals surface area contributed by atoms with Gasteiger partial charge in [0.15, 0.2) is 0 Å². The monoisotopic (exact) mass is 272 g/mol. The van der Waals surface area contributed by atoms with E-state index in [0.29, 0.717) is 0 Å². The van der Waals surface area contributed by atoms with Crippen LogP contribution in [0, 0.1) is 0 Å². The lowest BCUT2D eigenvalue weighted by Crippen LogP contribution is -2.38. The lowest BCUT2D eigenvalue weighted by molar-refractivity contribution is 0.569. The first-order valence-electron chi connectivity index (χ1n) is 3.97. The highest BCUT2D eigenvalue weighted by atomic mass is 32.3. The van der Waals surface area contributed by atoms with Crippen LogP contribution >= 0.6 is 11.8 Å². The Bertz CT molecular complexity index is 492. The number of rotatable bonds is 3. The molecule has 0 fully saturated rings. The van der Waals surface area contributed by atoms with Crippen molar-refractivity contribution < 1.29 is 16.8 Å². The van der Waals surface area contributed by atoms with Crippen molar-refractivity contribution in [1.82, 2.24) is 4.72 Å². The van der Waals surface area contributed by atoms with E-state index in [2.05, 4.69) is 4.72 Å². The van der Waals surface area contributed by atoms with E-state index in [9.17, 15) is 16.8 Å². The molecule has 88 valence electrons. The number of allylic oxidation sites excluding steroid dienone is 1. The predicted molar refractivity (Wildman–Crippen MR) is 59.8 cm³/mol. The summed E-state index contributed by atoms with van der Waals surface area (Å²) in [6, 6.07) is 0. The van der Waals surface area contributed by atoms with Gasteiger partial charge in [-0.2, -0.15) is 0 Å². The molecule has 6 nitrogen and oxygen atoms in total. The zero-order valence-electron chi connectivity index (χ0n) is 8.22. The van der Waals surface area contributed by atoms with Crippen molar-refractivity contribution in [2.75, 3.05) is 7.05 Å². The Morgan fingerprint density at radius 1 is 1.47 bits per heavy atom. The van der Waals surface area contributed by atoms with Gasteiger partial charge in [-0.3, -0.25) is 0 Å². The smallest absolute Gasteiger partial charge is 0.224 e. The summed E-state index contributed by atoms with van der Waals surface area (Å²) in [5.41, 5.74) is 0.